The molecule has 0 bridgehead atoms. The van der Waals surface area contributed by atoms with Crippen molar-refractivity contribution in [2.24, 2.45) is 4.66 Å². The van der Waals surface area contributed by atoms with Crippen LogP contribution in [-0.2, 0) is 0 Å². The van der Waals surface area contributed by atoms with Crippen molar-refractivity contribution in [1.82, 2.24) is 0 Å². The van der Waals surface area contributed by atoms with Crippen molar-refractivity contribution in [3.63, 3.8) is 0 Å². The summed E-state index contributed by atoms with van der Waals surface area (Å²) < 4.78 is 5.58. The van der Waals surface area contributed by atoms with Crippen molar-refractivity contribution in [3.05, 3.63) is 138 Å². The highest BCUT2D eigenvalue weighted by atomic mass is 29.2. The monoisotopic (exact) mass is 445 g/mol. The van der Waals surface area contributed by atoms with Crippen molar-refractivity contribution in [1.29, 1.82) is 0 Å². The van der Waals surface area contributed by atoms with Gasteiger partial charge in [-0.1, -0.05) is 140 Å². The third-order valence-electron chi connectivity index (χ3n) is 6.71. The summed E-state index contributed by atoms with van der Waals surface area (Å²) >= 11 is 0. The highest BCUT2D eigenvalue weighted by Gasteiger charge is 2.46. The molecule has 0 amide bonds. The second kappa shape index (κ2) is 8.69. The Balaban J connectivity index is 1.90. The summed E-state index contributed by atoms with van der Waals surface area (Å²) in [4.78, 5) is 0. The van der Waals surface area contributed by atoms with Gasteiger partial charge in [0.05, 0.1) is 5.71 Å². The fourth-order valence-electron chi connectivity index (χ4n) is 4.89. The van der Waals surface area contributed by atoms with Gasteiger partial charge < -0.3 is 4.66 Å². The van der Waals surface area contributed by atoms with E-state index in [2.05, 4.69) is 134 Å². The Morgan fingerprint density at radius 3 is 1.53 bits per heavy atom. The van der Waals surface area contributed by atoms with Crippen molar-refractivity contribution < 1.29 is 0 Å². The van der Waals surface area contributed by atoms with E-state index in [-0.39, 0.29) is 0 Å². The summed E-state index contributed by atoms with van der Waals surface area (Å²) in [6.45, 7) is 5.00. The molecular weight excluding hydrogens is 418 g/mol. The lowest BCUT2D eigenvalue weighted by atomic mass is 9.93. The van der Waals surface area contributed by atoms with Gasteiger partial charge in [-0.15, -0.1) is 0 Å². The van der Waals surface area contributed by atoms with Crippen LogP contribution in [0.4, 0.5) is 0 Å². The largest absolute Gasteiger partial charge is 0.327 e. The average molecular weight is 446 g/mol. The van der Waals surface area contributed by atoms with Gasteiger partial charge in [-0.2, -0.15) is 0 Å². The van der Waals surface area contributed by atoms with Crippen LogP contribution < -0.4 is 5.19 Å². The Bertz CT molecular complexity index is 1270. The number of allylic oxidation sites excluding steroid dienone is 1. The van der Waals surface area contributed by atoms with Crippen molar-refractivity contribution in [2.75, 3.05) is 0 Å². The first kappa shape index (κ1) is 20.6. The van der Waals surface area contributed by atoms with Crippen molar-refractivity contribution >= 4 is 37.7 Å². The molecule has 1 nitrogen and oxygen atoms in total. The molecule has 0 spiro atoms. The summed E-state index contributed by atoms with van der Waals surface area (Å²) in [6, 6.07) is 43.8. The molecule has 5 rings (SSSR count). The van der Waals surface area contributed by atoms with Crippen LogP contribution in [0.3, 0.4) is 0 Å². The first-order chi connectivity index (χ1) is 15.7. The van der Waals surface area contributed by atoms with Crippen LogP contribution in [0.15, 0.2) is 126 Å². The zero-order valence-corrected chi connectivity index (χ0v) is 20.7. The van der Waals surface area contributed by atoms with Crippen LogP contribution in [0.25, 0.3) is 10.8 Å². The molecule has 3 heteroatoms. The summed E-state index contributed by atoms with van der Waals surface area (Å²) in [5, 5.41) is 3.02. The van der Waals surface area contributed by atoms with E-state index in [9.17, 15) is 0 Å². The summed E-state index contributed by atoms with van der Waals surface area (Å²) in [7, 11) is -3.58. The Hall–Kier alpha value is -3.28. The maximum absolute atomic E-state index is 5.58. The van der Waals surface area contributed by atoms with E-state index in [0.29, 0.717) is 0 Å². The number of hydrogen-bond donors (Lipinski definition) is 0. The van der Waals surface area contributed by atoms with Gasteiger partial charge >= 0.3 is 0 Å². The molecular formula is C29H27NSi2. The van der Waals surface area contributed by atoms with Crippen LogP contribution >= 0.6 is 0 Å². The first-order valence-electron chi connectivity index (χ1n) is 11.2. The SMILES string of the molecule is C[SiH]1N=C(c2ccccc2)C(c2ccccc2)=C(c2ccccc2)[Si]1(C)c1ccccc1. The third kappa shape index (κ3) is 3.54. The zero-order chi connectivity index (χ0) is 22.0. The molecule has 1 aliphatic rings. The van der Waals surface area contributed by atoms with Crippen molar-refractivity contribution in [3.8, 4) is 0 Å². The number of nitrogens with zero attached hydrogens (tertiary/aromatic N) is 1. The highest BCUT2D eigenvalue weighted by molar-refractivity contribution is 7.46. The molecule has 32 heavy (non-hydrogen) atoms. The molecule has 0 aliphatic carbocycles. The maximum atomic E-state index is 5.58. The lowest BCUT2D eigenvalue weighted by molar-refractivity contribution is 1.56. The lowest BCUT2D eigenvalue weighted by Crippen LogP contribution is -2.60. The Labute approximate surface area is 193 Å². The number of benzene rings is 4. The molecule has 0 saturated heterocycles. The average Bonchev–Trinajstić information content (AvgIpc) is 2.87. The zero-order valence-electron chi connectivity index (χ0n) is 18.6. The predicted octanol–water partition coefficient (Wildman–Crippen LogP) is 6.06. The topological polar surface area (TPSA) is 12.4 Å². The Kier molecular flexibility index (Phi) is 5.60. The lowest BCUT2D eigenvalue weighted by Gasteiger charge is -2.40. The first-order valence-corrected chi connectivity index (χ1v) is 17.2. The Morgan fingerprint density at radius 2 is 1.00 bits per heavy atom. The van der Waals surface area contributed by atoms with E-state index in [0.717, 1.165) is 5.71 Å². The van der Waals surface area contributed by atoms with Crippen LogP contribution in [0, 0.1) is 0 Å². The van der Waals surface area contributed by atoms with Gasteiger partial charge in [0.25, 0.3) is 0 Å². The van der Waals surface area contributed by atoms with Gasteiger partial charge in [0.1, 0.15) is 7.59 Å². The smallest absolute Gasteiger partial charge is 0.164 e. The normalized spacial score (nSPS) is 20.7. The predicted molar refractivity (Wildman–Crippen MR) is 143 cm³/mol. The van der Waals surface area contributed by atoms with E-state index in [4.69, 9.17) is 4.66 Å². The molecule has 0 N–H and O–H groups in total. The van der Waals surface area contributed by atoms with E-state index in [1.807, 2.05) is 0 Å². The molecule has 0 radical (unpaired) electrons. The van der Waals surface area contributed by atoms with Gasteiger partial charge in [-0.3, -0.25) is 0 Å². The van der Waals surface area contributed by atoms with Gasteiger partial charge in [-0.25, -0.2) is 0 Å². The van der Waals surface area contributed by atoms with Gasteiger partial charge in [0.15, 0.2) is 8.48 Å². The summed E-state index contributed by atoms with van der Waals surface area (Å²) in [6.07, 6.45) is 0. The number of rotatable bonds is 4. The second-order valence-corrected chi connectivity index (χ2v) is 19.6. The number of hydrogen-bond acceptors (Lipinski definition) is 1. The van der Waals surface area contributed by atoms with Gasteiger partial charge in [-0.05, 0) is 21.9 Å². The quantitative estimate of drug-likeness (QED) is 0.339. The molecule has 2 unspecified atom stereocenters. The van der Waals surface area contributed by atoms with Crippen LogP contribution in [-0.4, -0.2) is 21.8 Å². The van der Waals surface area contributed by atoms with Gasteiger partial charge in [0.2, 0.25) is 0 Å². The van der Waals surface area contributed by atoms with E-state index < -0.39 is 16.1 Å². The molecule has 0 aromatic heterocycles. The minimum atomic E-state index is -2.08. The fourth-order valence-corrected chi connectivity index (χ4v) is 14.8. The molecule has 1 heterocycles. The minimum Gasteiger partial charge on any atom is -0.327 e. The molecule has 4 aromatic rings. The molecule has 156 valence electrons. The fraction of sp³-hybridized carbons (Fsp3) is 0.0690. The van der Waals surface area contributed by atoms with Crippen LogP contribution in [0.1, 0.15) is 16.7 Å². The van der Waals surface area contributed by atoms with Crippen LogP contribution in [0.2, 0.25) is 13.1 Å². The minimum absolute atomic E-state index is 1.16. The summed E-state index contributed by atoms with van der Waals surface area (Å²) in [5.41, 5.74) is 6.28. The third-order valence-corrected chi connectivity index (χ3v) is 19.4. The maximum Gasteiger partial charge on any atom is 0.164 e. The molecule has 0 saturated carbocycles. The molecule has 2 atom stereocenters. The molecule has 1 aliphatic heterocycles. The standard InChI is InChI=1S/C29H27NSi2/c1-31-30-28(24-17-9-4-10-18-24)27(23-15-7-3-8-16-23)29(25-19-11-5-12-20-25)32(31,2)26-21-13-6-14-22-26/h3-22,31H,1-2H3. The van der Waals surface area contributed by atoms with Gasteiger partial charge in [0, 0.05) is 5.57 Å². The summed E-state index contributed by atoms with van der Waals surface area (Å²) in [5.74, 6) is 0. The van der Waals surface area contributed by atoms with E-state index in [1.165, 1.54) is 32.6 Å². The second-order valence-electron chi connectivity index (χ2n) is 8.57. The van der Waals surface area contributed by atoms with E-state index >= 15 is 0 Å². The van der Waals surface area contributed by atoms with Crippen molar-refractivity contribution in [2.45, 2.75) is 13.1 Å². The molecule has 0 fully saturated rings. The Morgan fingerprint density at radius 1 is 0.562 bits per heavy atom. The van der Waals surface area contributed by atoms with Crippen LogP contribution in [0.5, 0.6) is 0 Å². The highest BCUT2D eigenvalue weighted by Crippen LogP contribution is 2.40. The molecule has 4 aromatic carbocycles. The van der Waals surface area contributed by atoms with E-state index in [1.54, 1.807) is 0 Å².